The van der Waals surface area contributed by atoms with Gasteiger partial charge in [-0.25, -0.2) is 15.0 Å². The van der Waals surface area contributed by atoms with Crippen LogP contribution in [0.2, 0.25) is 0 Å². The van der Waals surface area contributed by atoms with Gasteiger partial charge in [0, 0.05) is 36.9 Å². The Kier molecular flexibility index (Phi) is 6.94. The van der Waals surface area contributed by atoms with Crippen LogP contribution in [0.3, 0.4) is 0 Å². The topological polar surface area (TPSA) is 38.7 Å². The lowest BCUT2D eigenvalue weighted by Gasteiger charge is -2.34. The summed E-state index contributed by atoms with van der Waals surface area (Å²) >= 11 is 1.81. The summed E-state index contributed by atoms with van der Waals surface area (Å²) in [6.07, 6.45) is 0. The molecule has 2 aromatic heterocycles. The number of rotatable bonds is 5. The van der Waals surface area contributed by atoms with E-state index >= 15 is 0 Å². The summed E-state index contributed by atoms with van der Waals surface area (Å²) in [6, 6.07) is 67.4. The number of fused-ring (bicyclic) bond motifs is 8. The lowest BCUT2D eigenvalue weighted by molar-refractivity contribution is 0.775. The molecule has 0 spiro atoms. The predicted molar refractivity (Wildman–Crippen MR) is 224 cm³/mol. The number of nitrogens with zero attached hydrogens (tertiary/aromatic N) is 3. The van der Waals surface area contributed by atoms with E-state index in [2.05, 4.69) is 170 Å². The van der Waals surface area contributed by atoms with Crippen LogP contribution in [0.15, 0.2) is 188 Å². The van der Waals surface area contributed by atoms with Crippen LogP contribution in [0, 0.1) is 0 Å². The van der Waals surface area contributed by atoms with Gasteiger partial charge in [-0.2, -0.15) is 0 Å². The van der Waals surface area contributed by atoms with Crippen molar-refractivity contribution < 1.29 is 0 Å². The quantitative estimate of drug-likeness (QED) is 0.179. The first-order chi connectivity index (χ1) is 26.8. The highest BCUT2D eigenvalue weighted by atomic mass is 32.1. The third kappa shape index (κ3) is 4.50. The van der Waals surface area contributed by atoms with Crippen molar-refractivity contribution >= 4 is 42.3 Å². The van der Waals surface area contributed by atoms with Crippen molar-refractivity contribution in [3.05, 3.63) is 210 Å². The van der Waals surface area contributed by atoms with Crippen LogP contribution in [-0.2, 0) is 5.41 Å². The molecule has 11 rings (SSSR count). The molecule has 4 heteroatoms. The van der Waals surface area contributed by atoms with Crippen LogP contribution in [0.25, 0.3) is 76.2 Å². The van der Waals surface area contributed by atoms with E-state index in [1.807, 2.05) is 18.2 Å². The van der Waals surface area contributed by atoms with Crippen LogP contribution in [-0.4, -0.2) is 15.0 Å². The molecule has 54 heavy (non-hydrogen) atoms. The maximum atomic E-state index is 5.42. The Bertz CT molecular complexity index is 3000. The first kappa shape index (κ1) is 30.8. The van der Waals surface area contributed by atoms with Gasteiger partial charge in [-0.05, 0) is 56.3 Å². The summed E-state index contributed by atoms with van der Waals surface area (Å²) < 4.78 is 2.47. The van der Waals surface area contributed by atoms with Gasteiger partial charge < -0.3 is 0 Å². The molecule has 0 radical (unpaired) electrons. The Balaban J connectivity index is 1.26. The Labute approximate surface area is 316 Å². The van der Waals surface area contributed by atoms with E-state index in [1.165, 1.54) is 58.8 Å². The molecule has 0 N–H and O–H groups in total. The van der Waals surface area contributed by atoms with Crippen LogP contribution in [0.4, 0.5) is 0 Å². The van der Waals surface area contributed by atoms with Crippen molar-refractivity contribution in [3.8, 4) is 45.3 Å². The normalized spacial score (nSPS) is 13.0. The molecule has 2 heterocycles. The van der Waals surface area contributed by atoms with Crippen molar-refractivity contribution in [2.75, 3.05) is 0 Å². The molecule has 0 saturated heterocycles. The maximum absolute atomic E-state index is 5.42. The molecule has 0 fully saturated rings. The molecule has 1 aliphatic rings. The van der Waals surface area contributed by atoms with E-state index in [9.17, 15) is 0 Å². The molecule has 3 nitrogen and oxygen atoms in total. The lowest BCUT2D eigenvalue weighted by Crippen LogP contribution is -2.28. The van der Waals surface area contributed by atoms with Crippen molar-refractivity contribution in [2.45, 2.75) is 5.41 Å². The zero-order valence-corrected chi connectivity index (χ0v) is 30.0. The molecular formula is C50H31N3S. The minimum Gasteiger partial charge on any atom is -0.208 e. The molecule has 0 atom stereocenters. The van der Waals surface area contributed by atoms with Crippen LogP contribution in [0.5, 0.6) is 0 Å². The highest BCUT2D eigenvalue weighted by Gasteiger charge is 2.48. The SMILES string of the molecule is c1ccc(-c2nc(-c3cccc4c3-c3ccc5ccccc5c3C4(c3ccccc3)c3ccccc3)nc(-c3cccc4sc5ccccc5c34)n2)cc1. The third-order valence-electron chi connectivity index (χ3n) is 11.0. The fraction of sp³-hybridized carbons (Fsp3) is 0.0200. The molecule has 0 bridgehead atoms. The van der Waals surface area contributed by atoms with Crippen LogP contribution >= 0.6 is 11.3 Å². The predicted octanol–water partition coefficient (Wildman–Crippen LogP) is 12.8. The monoisotopic (exact) mass is 705 g/mol. The highest BCUT2D eigenvalue weighted by molar-refractivity contribution is 7.25. The maximum Gasteiger partial charge on any atom is 0.164 e. The summed E-state index contributed by atoms with van der Waals surface area (Å²) in [7, 11) is 0. The fourth-order valence-corrected chi connectivity index (χ4v) is 9.93. The first-order valence-electron chi connectivity index (χ1n) is 18.3. The lowest BCUT2D eigenvalue weighted by atomic mass is 9.66. The van der Waals surface area contributed by atoms with Gasteiger partial charge in [-0.1, -0.05) is 176 Å². The highest BCUT2D eigenvalue weighted by Crippen LogP contribution is 2.60. The largest absolute Gasteiger partial charge is 0.208 e. The van der Waals surface area contributed by atoms with Gasteiger partial charge in [0.05, 0.1) is 5.41 Å². The smallest absolute Gasteiger partial charge is 0.164 e. The summed E-state index contributed by atoms with van der Waals surface area (Å²) in [6.45, 7) is 0. The van der Waals surface area contributed by atoms with Crippen molar-refractivity contribution in [1.82, 2.24) is 15.0 Å². The molecule has 0 amide bonds. The third-order valence-corrected chi connectivity index (χ3v) is 12.1. The van der Waals surface area contributed by atoms with Gasteiger partial charge in [0.1, 0.15) is 0 Å². The van der Waals surface area contributed by atoms with Crippen LogP contribution in [0.1, 0.15) is 22.3 Å². The number of hydrogen-bond acceptors (Lipinski definition) is 4. The number of benzene rings is 8. The van der Waals surface area contributed by atoms with E-state index < -0.39 is 5.41 Å². The number of aromatic nitrogens is 3. The molecule has 0 unspecified atom stereocenters. The Morgan fingerprint density at radius 3 is 1.72 bits per heavy atom. The van der Waals surface area contributed by atoms with Crippen LogP contribution < -0.4 is 0 Å². The van der Waals surface area contributed by atoms with E-state index in [1.54, 1.807) is 11.3 Å². The zero-order chi connectivity index (χ0) is 35.6. The summed E-state index contributed by atoms with van der Waals surface area (Å²) in [5.41, 5.74) is 9.67. The molecule has 252 valence electrons. The Morgan fingerprint density at radius 1 is 0.389 bits per heavy atom. The second-order valence-corrected chi connectivity index (χ2v) is 15.0. The molecule has 8 aromatic carbocycles. The Hall–Kier alpha value is -6.75. The van der Waals surface area contributed by atoms with E-state index in [4.69, 9.17) is 15.0 Å². The standard InChI is InChI=1S/C50H31N3S/c1-4-17-33(18-5-1)47-51-48(53-49(52-47)40-26-15-29-43-45(40)37-24-12-13-28-42(37)54-43)39-25-14-27-41-44(39)38-31-30-32-16-10-11-23-36(32)46(38)50(41,34-19-6-2-7-20-34)35-21-8-3-9-22-35/h1-31H. The second kappa shape index (κ2) is 12.2. The van der Waals surface area contributed by atoms with Crippen molar-refractivity contribution in [2.24, 2.45) is 0 Å². The van der Waals surface area contributed by atoms with Gasteiger partial charge >= 0.3 is 0 Å². The average Bonchev–Trinajstić information content (AvgIpc) is 3.79. The number of hydrogen-bond donors (Lipinski definition) is 0. The van der Waals surface area contributed by atoms with Gasteiger partial charge in [-0.3, -0.25) is 0 Å². The second-order valence-electron chi connectivity index (χ2n) is 13.9. The van der Waals surface area contributed by atoms with Gasteiger partial charge in [0.15, 0.2) is 17.5 Å². The summed E-state index contributed by atoms with van der Waals surface area (Å²) in [4.78, 5) is 16.0. The Morgan fingerprint density at radius 2 is 0.963 bits per heavy atom. The molecule has 0 aliphatic heterocycles. The van der Waals surface area contributed by atoms with E-state index in [0.717, 1.165) is 22.3 Å². The van der Waals surface area contributed by atoms with E-state index in [0.29, 0.717) is 17.5 Å². The molecule has 0 saturated carbocycles. The average molecular weight is 706 g/mol. The molecule has 1 aliphatic carbocycles. The van der Waals surface area contributed by atoms with E-state index in [-0.39, 0.29) is 0 Å². The zero-order valence-electron chi connectivity index (χ0n) is 29.1. The minimum absolute atomic E-state index is 0.580. The summed E-state index contributed by atoms with van der Waals surface area (Å²) in [5, 5.41) is 4.85. The fourth-order valence-electron chi connectivity index (χ4n) is 8.80. The van der Waals surface area contributed by atoms with Gasteiger partial charge in [0.2, 0.25) is 0 Å². The van der Waals surface area contributed by atoms with Gasteiger partial charge in [0.25, 0.3) is 0 Å². The molecule has 10 aromatic rings. The first-order valence-corrected chi connectivity index (χ1v) is 19.1. The minimum atomic E-state index is -0.580. The summed E-state index contributed by atoms with van der Waals surface area (Å²) in [5.74, 6) is 1.97. The van der Waals surface area contributed by atoms with Gasteiger partial charge in [-0.15, -0.1) is 11.3 Å². The van der Waals surface area contributed by atoms with Crippen molar-refractivity contribution in [1.29, 1.82) is 0 Å². The van der Waals surface area contributed by atoms with Crippen molar-refractivity contribution in [3.63, 3.8) is 0 Å². The number of thiophene rings is 1. The molecular weight excluding hydrogens is 675 g/mol.